The highest BCUT2D eigenvalue weighted by Crippen LogP contribution is 2.33. The standard InChI is InChI=1S/C22H22ClF3N4O5S/c1-21(4-6-36(32,33)7-5-21)12-28-19(31)16-11-30-10-15(2-3-18(30)29-16)35-20-17(8-14(23)9-27-20)34-13-22(24,25)26/h2-3,8-11H,4-7,12-13H2,1H3,(H,28,31). The maximum Gasteiger partial charge on any atom is 0.422 e. The summed E-state index contributed by atoms with van der Waals surface area (Å²) in [6, 6.07) is 4.24. The Kier molecular flexibility index (Phi) is 7.06. The lowest BCUT2D eigenvalue weighted by Crippen LogP contribution is -2.41. The van der Waals surface area contributed by atoms with Crippen LogP contribution in [-0.2, 0) is 9.84 Å². The summed E-state index contributed by atoms with van der Waals surface area (Å²) in [7, 11) is -3.01. The van der Waals surface area contributed by atoms with Crippen LogP contribution in [-0.4, -0.2) is 59.5 Å². The number of alkyl halides is 3. The number of fused-ring (bicyclic) bond motifs is 1. The first kappa shape index (κ1) is 26.0. The molecule has 0 atom stereocenters. The lowest BCUT2D eigenvalue weighted by atomic mass is 9.84. The Morgan fingerprint density at radius 1 is 1.25 bits per heavy atom. The molecule has 0 spiro atoms. The van der Waals surface area contributed by atoms with Gasteiger partial charge in [0.05, 0.1) is 22.7 Å². The van der Waals surface area contributed by atoms with Gasteiger partial charge >= 0.3 is 6.18 Å². The van der Waals surface area contributed by atoms with Crippen molar-refractivity contribution in [2.24, 2.45) is 5.41 Å². The van der Waals surface area contributed by atoms with Crippen LogP contribution in [0.1, 0.15) is 30.3 Å². The van der Waals surface area contributed by atoms with Crippen LogP contribution in [0.15, 0.2) is 36.8 Å². The van der Waals surface area contributed by atoms with Gasteiger partial charge in [0, 0.05) is 25.0 Å². The number of aromatic nitrogens is 3. The molecule has 1 N–H and O–H groups in total. The molecule has 0 bridgehead atoms. The Bertz CT molecular complexity index is 1380. The van der Waals surface area contributed by atoms with Crippen LogP contribution in [0.5, 0.6) is 17.4 Å². The number of sulfone groups is 1. The molecule has 0 radical (unpaired) electrons. The van der Waals surface area contributed by atoms with E-state index >= 15 is 0 Å². The molecule has 0 saturated carbocycles. The average Bonchev–Trinajstić information content (AvgIpc) is 3.23. The molecule has 1 aliphatic rings. The normalized spacial score (nSPS) is 17.0. The van der Waals surface area contributed by atoms with Gasteiger partial charge in [-0.15, -0.1) is 0 Å². The highest BCUT2D eigenvalue weighted by molar-refractivity contribution is 7.91. The molecule has 3 aromatic heterocycles. The SMILES string of the molecule is CC1(CNC(=O)c2cn3cc(Oc4ncc(Cl)cc4OCC(F)(F)F)ccc3n2)CCS(=O)(=O)CC1. The minimum absolute atomic E-state index is 0.0731. The van der Waals surface area contributed by atoms with Gasteiger partial charge in [-0.05, 0) is 30.4 Å². The van der Waals surface area contributed by atoms with E-state index in [1.54, 1.807) is 6.07 Å². The number of pyridine rings is 2. The second-order valence-corrected chi connectivity index (χ2v) is 11.6. The number of ether oxygens (including phenoxy) is 2. The Morgan fingerprint density at radius 2 is 1.97 bits per heavy atom. The number of carbonyl (C=O) groups is 1. The zero-order chi connectivity index (χ0) is 26.1. The lowest BCUT2D eigenvalue weighted by Gasteiger charge is -2.33. The van der Waals surface area contributed by atoms with E-state index in [1.165, 1.54) is 29.1 Å². The maximum absolute atomic E-state index is 12.7. The number of rotatable bonds is 7. The molecule has 0 aromatic carbocycles. The van der Waals surface area contributed by atoms with Crippen molar-refractivity contribution < 1.29 is 35.9 Å². The predicted octanol–water partition coefficient (Wildman–Crippen LogP) is 4.06. The van der Waals surface area contributed by atoms with Gasteiger partial charge in [0.2, 0.25) is 0 Å². The summed E-state index contributed by atoms with van der Waals surface area (Å²) < 4.78 is 72.9. The van der Waals surface area contributed by atoms with Crippen LogP contribution >= 0.6 is 11.6 Å². The van der Waals surface area contributed by atoms with Crippen molar-refractivity contribution in [3.63, 3.8) is 0 Å². The molecule has 1 aliphatic heterocycles. The molecule has 9 nitrogen and oxygen atoms in total. The summed E-state index contributed by atoms with van der Waals surface area (Å²) in [6.45, 7) is 0.707. The molecule has 0 aliphatic carbocycles. The largest absolute Gasteiger partial charge is 0.478 e. The van der Waals surface area contributed by atoms with Crippen molar-refractivity contribution >= 4 is 33.0 Å². The molecular weight excluding hydrogens is 525 g/mol. The number of halogens is 4. The van der Waals surface area contributed by atoms with Gasteiger partial charge < -0.3 is 19.2 Å². The number of imidazole rings is 1. The van der Waals surface area contributed by atoms with Gasteiger partial charge in [-0.25, -0.2) is 18.4 Å². The fourth-order valence-corrected chi connectivity index (χ4v) is 5.55. The topological polar surface area (TPSA) is 112 Å². The summed E-state index contributed by atoms with van der Waals surface area (Å²) in [4.78, 5) is 20.8. The molecule has 0 unspecified atom stereocenters. The second kappa shape index (κ2) is 9.77. The number of amides is 1. The summed E-state index contributed by atoms with van der Waals surface area (Å²) in [5, 5.41) is 2.89. The Morgan fingerprint density at radius 3 is 2.67 bits per heavy atom. The third-order valence-electron chi connectivity index (χ3n) is 5.76. The van der Waals surface area contributed by atoms with Crippen molar-refractivity contribution in [2.45, 2.75) is 25.9 Å². The Hall–Kier alpha value is -3.06. The zero-order valence-corrected chi connectivity index (χ0v) is 20.6. The smallest absolute Gasteiger partial charge is 0.422 e. The van der Waals surface area contributed by atoms with Gasteiger partial charge in [-0.3, -0.25) is 4.79 Å². The molecule has 4 heterocycles. The molecule has 1 amide bonds. The molecule has 36 heavy (non-hydrogen) atoms. The molecular formula is C22H22ClF3N4O5S. The number of nitrogens with one attached hydrogen (secondary N) is 1. The first-order valence-corrected chi connectivity index (χ1v) is 13.0. The van der Waals surface area contributed by atoms with Crippen molar-refractivity contribution in [1.82, 2.24) is 19.7 Å². The van der Waals surface area contributed by atoms with Crippen LogP contribution in [0.4, 0.5) is 13.2 Å². The fourth-order valence-electron chi connectivity index (χ4n) is 3.59. The van der Waals surface area contributed by atoms with Gasteiger partial charge in [0.15, 0.2) is 12.4 Å². The summed E-state index contributed by atoms with van der Waals surface area (Å²) in [5.74, 6) is -0.518. The summed E-state index contributed by atoms with van der Waals surface area (Å²) in [5.41, 5.74) is 0.247. The van der Waals surface area contributed by atoms with E-state index in [4.69, 9.17) is 21.1 Å². The van der Waals surface area contributed by atoms with Gasteiger partial charge in [-0.1, -0.05) is 18.5 Å². The van der Waals surface area contributed by atoms with Crippen LogP contribution in [0.25, 0.3) is 5.65 Å². The number of nitrogens with zero attached hydrogens (tertiary/aromatic N) is 3. The minimum Gasteiger partial charge on any atom is -0.478 e. The second-order valence-electron chi connectivity index (χ2n) is 8.86. The van der Waals surface area contributed by atoms with Crippen molar-refractivity contribution in [3.8, 4) is 17.4 Å². The van der Waals surface area contributed by atoms with Crippen molar-refractivity contribution in [1.29, 1.82) is 0 Å². The molecule has 4 rings (SSSR count). The Labute approximate surface area is 209 Å². The highest BCUT2D eigenvalue weighted by Gasteiger charge is 2.34. The molecule has 194 valence electrons. The molecule has 14 heteroatoms. The number of hydrogen-bond donors (Lipinski definition) is 1. The van der Waals surface area contributed by atoms with Crippen molar-refractivity contribution in [3.05, 3.63) is 47.5 Å². The van der Waals surface area contributed by atoms with Crippen molar-refractivity contribution in [2.75, 3.05) is 24.7 Å². The van der Waals surface area contributed by atoms with Gasteiger partial charge in [0.1, 0.15) is 26.9 Å². The molecule has 3 aromatic rings. The van der Waals surface area contributed by atoms with E-state index in [9.17, 15) is 26.4 Å². The summed E-state index contributed by atoms with van der Waals surface area (Å²) >= 11 is 5.82. The average molecular weight is 547 g/mol. The molecule has 1 fully saturated rings. The number of hydrogen-bond acceptors (Lipinski definition) is 7. The quantitative estimate of drug-likeness (QED) is 0.475. The van der Waals surface area contributed by atoms with Crippen LogP contribution in [0.2, 0.25) is 5.02 Å². The van der Waals surface area contributed by atoms with E-state index in [0.29, 0.717) is 25.0 Å². The molecule has 1 saturated heterocycles. The maximum atomic E-state index is 12.7. The van der Waals surface area contributed by atoms with E-state index in [2.05, 4.69) is 15.3 Å². The van der Waals surface area contributed by atoms with E-state index in [-0.39, 0.29) is 45.0 Å². The third-order valence-corrected chi connectivity index (χ3v) is 7.62. The van der Waals surface area contributed by atoms with Gasteiger partial charge in [0.25, 0.3) is 11.8 Å². The van der Waals surface area contributed by atoms with E-state index in [1.807, 2.05) is 6.92 Å². The zero-order valence-electron chi connectivity index (χ0n) is 19.0. The van der Waals surface area contributed by atoms with Crippen LogP contribution in [0.3, 0.4) is 0 Å². The minimum atomic E-state index is -4.56. The lowest BCUT2D eigenvalue weighted by molar-refractivity contribution is -0.153. The fraction of sp³-hybridized carbons (Fsp3) is 0.409. The first-order chi connectivity index (χ1) is 16.8. The third kappa shape index (κ3) is 6.58. The highest BCUT2D eigenvalue weighted by atomic mass is 35.5. The predicted molar refractivity (Wildman–Crippen MR) is 124 cm³/mol. The first-order valence-electron chi connectivity index (χ1n) is 10.8. The van der Waals surface area contributed by atoms with Gasteiger partial charge in [-0.2, -0.15) is 13.2 Å². The van der Waals surface area contributed by atoms with E-state index < -0.39 is 28.5 Å². The summed E-state index contributed by atoms with van der Waals surface area (Å²) in [6.07, 6.45) is 0.539. The monoisotopic (exact) mass is 546 g/mol. The van der Waals surface area contributed by atoms with Crippen LogP contribution in [0, 0.1) is 5.41 Å². The Balaban J connectivity index is 1.45. The van der Waals surface area contributed by atoms with E-state index in [0.717, 1.165) is 6.07 Å². The number of carbonyl (C=O) groups excluding carboxylic acids is 1. The van der Waals surface area contributed by atoms with Crippen LogP contribution < -0.4 is 14.8 Å².